The van der Waals surface area contributed by atoms with Crippen LogP contribution in [0.1, 0.15) is 29.3 Å². The first-order chi connectivity index (χ1) is 13.0. The zero-order valence-electron chi connectivity index (χ0n) is 15.6. The van der Waals surface area contributed by atoms with Crippen molar-refractivity contribution in [2.45, 2.75) is 26.2 Å². The molecule has 1 aromatic heterocycles. The largest absolute Gasteiger partial charge is 0.497 e. The molecule has 6 heteroatoms. The number of benzene rings is 2. The Labute approximate surface area is 157 Å². The number of anilines is 1. The number of aryl methyl sites for hydroxylation is 2. The fourth-order valence-electron chi connectivity index (χ4n) is 3.28. The van der Waals surface area contributed by atoms with Crippen molar-refractivity contribution in [3.8, 4) is 17.2 Å². The van der Waals surface area contributed by atoms with Gasteiger partial charge in [0.15, 0.2) is 5.82 Å². The van der Waals surface area contributed by atoms with Crippen LogP contribution in [0.3, 0.4) is 0 Å². The zero-order chi connectivity index (χ0) is 19.0. The van der Waals surface area contributed by atoms with E-state index in [0.717, 1.165) is 17.0 Å². The number of ether oxygens (including phenoxy) is 1. The maximum atomic E-state index is 12.5. The number of amides is 1. The van der Waals surface area contributed by atoms with Crippen LogP contribution in [0.15, 0.2) is 47.0 Å². The molecule has 2 heterocycles. The van der Waals surface area contributed by atoms with E-state index in [1.165, 1.54) is 11.1 Å². The highest BCUT2D eigenvalue weighted by molar-refractivity contribution is 5.96. The third-order valence-corrected chi connectivity index (χ3v) is 5.07. The lowest BCUT2D eigenvalue weighted by molar-refractivity contribution is -0.117. The molecule has 1 atom stereocenters. The summed E-state index contributed by atoms with van der Waals surface area (Å²) >= 11 is 0. The average Bonchev–Trinajstić information content (AvgIpc) is 3.31. The molecule has 1 unspecified atom stereocenters. The monoisotopic (exact) mass is 363 g/mol. The number of rotatable bonds is 4. The lowest BCUT2D eigenvalue weighted by atomic mass is 10.1. The molecule has 2 aromatic carbocycles. The maximum absolute atomic E-state index is 12.5. The summed E-state index contributed by atoms with van der Waals surface area (Å²) in [6.07, 6.45) is 0.373. The lowest BCUT2D eigenvalue weighted by Gasteiger charge is -2.16. The molecule has 138 valence electrons. The van der Waals surface area contributed by atoms with Crippen LogP contribution in [0.5, 0.6) is 5.75 Å². The van der Waals surface area contributed by atoms with Gasteiger partial charge in [0.1, 0.15) is 5.75 Å². The van der Waals surface area contributed by atoms with Gasteiger partial charge in [0.25, 0.3) is 5.89 Å². The van der Waals surface area contributed by atoms with E-state index in [0.29, 0.717) is 24.7 Å². The summed E-state index contributed by atoms with van der Waals surface area (Å²) < 4.78 is 10.6. The van der Waals surface area contributed by atoms with E-state index in [9.17, 15) is 4.79 Å². The van der Waals surface area contributed by atoms with Crippen LogP contribution in [0.4, 0.5) is 5.69 Å². The highest BCUT2D eigenvalue weighted by Crippen LogP contribution is 2.32. The van der Waals surface area contributed by atoms with Crippen molar-refractivity contribution in [3.05, 3.63) is 59.4 Å². The second-order valence-corrected chi connectivity index (χ2v) is 6.86. The van der Waals surface area contributed by atoms with Crippen LogP contribution in [-0.4, -0.2) is 29.7 Å². The van der Waals surface area contributed by atoms with Crippen LogP contribution < -0.4 is 9.64 Å². The fourth-order valence-corrected chi connectivity index (χ4v) is 3.28. The Hall–Kier alpha value is -3.15. The lowest BCUT2D eigenvalue weighted by Crippen LogP contribution is -2.24. The van der Waals surface area contributed by atoms with Crippen molar-refractivity contribution in [1.29, 1.82) is 0 Å². The van der Waals surface area contributed by atoms with E-state index in [1.54, 1.807) is 12.0 Å². The first-order valence-electron chi connectivity index (χ1n) is 8.91. The zero-order valence-corrected chi connectivity index (χ0v) is 15.6. The van der Waals surface area contributed by atoms with Crippen LogP contribution in [0, 0.1) is 13.8 Å². The number of hydrogen-bond acceptors (Lipinski definition) is 5. The first-order valence-corrected chi connectivity index (χ1v) is 8.91. The smallest absolute Gasteiger partial charge is 0.257 e. The van der Waals surface area contributed by atoms with Crippen LogP contribution in [-0.2, 0) is 4.79 Å². The Morgan fingerprint density at radius 3 is 2.59 bits per heavy atom. The molecule has 1 amide bonds. The molecule has 1 saturated heterocycles. The standard InChI is InChI=1S/C21H21N3O3/c1-13-4-5-15(10-14(13)2)21-22-20(23-27-21)16-11-19(25)24(12-16)17-6-8-18(26-3)9-7-17/h4-10,16H,11-12H2,1-3H3. The molecule has 27 heavy (non-hydrogen) atoms. The van der Waals surface area contributed by atoms with Crippen molar-refractivity contribution in [2.24, 2.45) is 0 Å². The third kappa shape index (κ3) is 3.30. The van der Waals surface area contributed by atoms with Gasteiger partial charge in [-0.3, -0.25) is 4.79 Å². The van der Waals surface area contributed by atoms with E-state index >= 15 is 0 Å². The molecule has 1 aliphatic rings. The summed E-state index contributed by atoms with van der Waals surface area (Å²) in [5.74, 6) is 1.81. The van der Waals surface area contributed by atoms with Crippen molar-refractivity contribution in [1.82, 2.24) is 10.1 Å². The first kappa shape index (κ1) is 17.3. The van der Waals surface area contributed by atoms with Gasteiger partial charge in [-0.1, -0.05) is 11.2 Å². The Morgan fingerprint density at radius 2 is 1.89 bits per heavy atom. The topological polar surface area (TPSA) is 68.5 Å². The summed E-state index contributed by atoms with van der Waals surface area (Å²) in [7, 11) is 1.62. The minimum absolute atomic E-state index is 0.0581. The number of carbonyl (C=O) groups excluding carboxylic acids is 1. The van der Waals surface area contributed by atoms with Gasteiger partial charge in [0.05, 0.1) is 7.11 Å². The van der Waals surface area contributed by atoms with Gasteiger partial charge in [-0.2, -0.15) is 4.98 Å². The third-order valence-electron chi connectivity index (χ3n) is 5.07. The van der Waals surface area contributed by atoms with Gasteiger partial charge in [0, 0.05) is 30.1 Å². The highest BCUT2D eigenvalue weighted by atomic mass is 16.5. The average molecular weight is 363 g/mol. The second kappa shape index (κ2) is 6.87. The van der Waals surface area contributed by atoms with Crippen LogP contribution in [0.2, 0.25) is 0 Å². The van der Waals surface area contributed by atoms with E-state index in [2.05, 4.69) is 24.0 Å². The summed E-state index contributed by atoms with van der Waals surface area (Å²) in [4.78, 5) is 18.8. The van der Waals surface area contributed by atoms with Crippen LogP contribution in [0.25, 0.3) is 11.5 Å². The molecule has 0 aliphatic carbocycles. The summed E-state index contributed by atoms with van der Waals surface area (Å²) in [5, 5.41) is 4.13. The Kier molecular flexibility index (Phi) is 4.39. The molecular weight excluding hydrogens is 342 g/mol. The minimum atomic E-state index is -0.0800. The van der Waals surface area contributed by atoms with Gasteiger partial charge in [-0.25, -0.2) is 0 Å². The molecule has 6 nitrogen and oxygen atoms in total. The summed E-state index contributed by atoms with van der Waals surface area (Å²) in [6.45, 7) is 4.66. The molecule has 3 aromatic rings. The molecule has 0 N–H and O–H groups in total. The van der Waals surface area contributed by atoms with E-state index in [1.807, 2.05) is 42.5 Å². The molecule has 0 radical (unpaired) electrons. The molecule has 0 bridgehead atoms. The van der Waals surface area contributed by atoms with E-state index in [-0.39, 0.29) is 11.8 Å². The number of hydrogen-bond donors (Lipinski definition) is 0. The fraction of sp³-hybridized carbons (Fsp3) is 0.286. The van der Waals surface area contributed by atoms with Gasteiger partial charge in [-0.15, -0.1) is 0 Å². The number of carbonyl (C=O) groups is 1. The van der Waals surface area contributed by atoms with E-state index in [4.69, 9.17) is 9.26 Å². The number of aromatic nitrogens is 2. The van der Waals surface area contributed by atoms with Gasteiger partial charge in [-0.05, 0) is 61.4 Å². The Morgan fingerprint density at radius 1 is 1.11 bits per heavy atom. The Balaban J connectivity index is 1.53. The predicted octanol–water partition coefficient (Wildman–Crippen LogP) is 3.88. The maximum Gasteiger partial charge on any atom is 0.257 e. The molecular formula is C21H21N3O3. The highest BCUT2D eigenvalue weighted by Gasteiger charge is 2.34. The Bertz CT molecular complexity index is 979. The van der Waals surface area contributed by atoms with Crippen molar-refractivity contribution in [3.63, 3.8) is 0 Å². The molecule has 0 saturated carbocycles. The normalized spacial score (nSPS) is 16.8. The van der Waals surface area contributed by atoms with Crippen molar-refractivity contribution in [2.75, 3.05) is 18.6 Å². The number of methoxy groups -OCH3 is 1. The predicted molar refractivity (Wildman–Crippen MR) is 102 cm³/mol. The van der Waals surface area contributed by atoms with E-state index < -0.39 is 0 Å². The summed E-state index contributed by atoms with van der Waals surface area (Å²) in [5.41, 5.74) is 4.14. The molecule has 1 fully saturated rings. The van der Waals surface area contributed by atoms with Gasteiger partial charge in [0.2, 0.25) is 5.91 Å². The molecule has 0 spiro atoms. The minimum Gasteiger partial charge on any atom is -0.497 e. The van der Waals surface area contributed by atoms with Crippen molar-refractivity contribution < 1.29 is 14.1 Å². The van der Waals surface area contributed by atoms with Crippen LogP contribution >= 0.6 is 0 Å². The number of nitrogens with zero attached hydrogens (tertiary/aromatic N) is 3. The quantitative estimate of drug-likeness (QED) is 0.703. The van der Waals surface area contributed by atoms with Gasteiger partial charge >= 0.3 is 0 Å². The SMILES string of the molecule is COc1ccc(N2CC(c3noc(-c4ccc(C)c(C)c4)n3)CC2=O)cc1. The van der Waals surface area contributed by atoms with Gasteiger partial charge < -0.3 is 14.2 Å². The summed E-state index contributed by atoms with van der Waals surface area (Å²) in [6, 6.07) is 13.5. The molecule has 4 rings (SSSR count). The second-order valence-electron chi connectivity index (χ2n) is 6.86. The van der Waals surface area contributed by atoms with Crippen molar-refractivity contribution >= 4 is 11.6 Å². The molecule has 1 aliphatic heterocycles.